The van der Waals surface area contributed by atoms with Gasteiger partial charge in [0.1, 0.15) is 17.1 Å². The summed E-state index contributed by atoms with van der Waals surface area (Å²) in [4.78, 5) is 0. The van der Waals surface area contributed by atoms with Gasteiger partial charge in [0, 0.05) is 18.9 Å². The third kappa shape index (κ3) is 2.53. The van der Waals surface area contributed by atoms with Crippen LogP contribution in [0.3, 0.4) is 0 Å². The number of nitrogens with zero attached hydrogens (tertiary/aromatic N) is 3. The van der Waals surface area contributed by atoms with Crippen molar-refractivity contribution in [2.45, 2.75) is 56.2 Å². The molecule has 1 aliphatic heterocycles. The van der Waals surface area contributed by atoms with E-state index in [4.69, 9.17) is 0 Å². The molecule has 25 heavy (non-hydrogen) atoms. The van der Waals surface area contributed by atoms with Gasteiger partial charge in [0.15, 0.2) is 11.6 Å². The van der Waals surface area contributed by atoms with Crippen LogP contribution in [0.4, 0.5) is 22.0 Å². The van der Waals surface area contributed by atoms with Crippen molar-refractivity contribution < 1.29 is 22.0 Å². The lowest BCUT2D eigenvalue weighted by atomic mass is 9.93. The van der Waals surface area contributed by atoms with Crippen LogP contribution in [0.1, 0.15) is 48.8 Å². The number of aryl methyl sites for hydroxylation is 1. The Bertz CT molecular complexity index is 807. The molecule has 1 aromatic heterocycles. The molecule has 2 heterocycles. The van der Waals surface area contributed by atoms with E-state index in [2.05, 4.69) is 10.2 Å². The van der Waals surface area contributed by atoms with E-state index < -0.39 is 29.1 Å². The van der Waals surface area contributed by atoms with E-state index in [9.17, 15) is 22.0 Å². The maximum Gasteiger partial charge on any atom is 0.401 e. The summed E-state index contributed by atoms with van der Waals surface area (Å²) in [5, 5.41) is 7.78. The van der Waals surface area contributed by atoms with Crippen LogP contribution < -0.4 is 0 Å². The molecule has 0 bridgehead atoms. The molecule has 0 radical (unpaired) electrons. The second kappa shape index (κ2) is 5.51. The van der Waals surface area contributed by atoms with E-state index in [-0.39, 0.29) is 30.8 Å². The van der Waals surface area contributed by atoms with Crippen LogP contribution in [-0.4, -0.2) is 20.9 Å². The number of halogens is 5. The van der Waals surface area contributed by atoms with Gasteiger partial charge in [0.2, 0.25) is 0 Å². The second-order valence-corrected chi connectivity index (χ2v) is 6.86. The number of hydrogen-bond donors (Lipinski definition) is 0. The second-order valence-electron chi connectivity index (χ2n) is 6.86. The minimum atomic E-state index is -4.39. The molecule has 134 valence electrons. The minimum absolute atomic E-state index is 0.00632. The van der Waals surface area contributed by atoms with Crippen LogP contribution >= 0.6 is 0 Å². The quantitative estimate of drug-likeness (QED) is 0.752. The summed E-state index contributed by atoms with van der Waals surface area (Å²) < 4.78 is 69.6. The first-order valence-corrected chi connectivity index (χ1v) is 8.27. The highest BCUT2D eigenvalue weighted by Gasteiger charge is 2.67. The zero-order valence-corrected chi connectivity index (χ0v) is 13.3. The summed E-state index contributed by atoms with van der Waals surface area (Å²) in [5.41, 5.74) is -1.74. The Labute approximate surface area is 140 Å². The molecule has 1 unspecified atom stereocenters. The van der Waals surface area contributed by atoms with Crippen LogP contribution in [-0.2, 0) is 18.4 Å². The molecule has 2 aromatic rings. The number of hydrogen-bond acceptors (Lipinski definition) is 2. The SMILES string of the molecule is Fc1cccc(C2CCCc3nnc(C4(C(F)(F)F)CC4)n3C2)c1F. The monoisotopic (exact) mass is 357 g/mol. The van der Waals surface area contributed by atoms with Gasteiger partial charge in [-0.3, -0.25) is 0 Å². The van der Waals surface area contributed by atoms with Crippen LogP contribution in [0.25, 0.3) is 0 Å². The molecule has 1 atom stereocenters. The summed E-state index contributed by atoms with van der Waals surface area (Å²) in [6, 6.07) is 3.95. The van der Waals surface area contributed by atoms with E-state index in [1.165, 1.54) is 16.7 Å². The van der Waals surface area contributed by atoms with E-state index in [0.717, 1.165) is 6.07 Å². The number of fused-ring (bicyclic) bond motifs is 1. The van der Waals surface area contributed by atoms with Gasteiger partial charge in [-0.05, 0) is 37.3 Å². The smallest absolute Gasteiger partial charge is 0.314 e. The Hall–Kier alpha value is -1.99. The van der Waals surface area contributed by atoms with E-state index in [1.807, 2.05) is 0 Å². The zero-order valence-electron chi connectivity index (χ0n) is 13.3. The molecule has 0 spiro atoms. The molecule has 0 N–H and O–H groups in total. The van der Waals surface area contributed by atoms with E-state index >= 15 is 0 Å². The summed E-state index contributed by atoms with van der Waals surface area (Å²) in [5.74, 6) is -1.87. The molecular weight excluding hydrogens is 341 g/mol. The topological polar surface area (TPSA) is 30.7 Å². The number of rotatable bonds is 2. The van der Waals surface area contributed by atoms with Crippen LogP contribution in [0.5, 0.6) is 0 Å². The Morgan fingerprint density at radius 1 is 1.12 bits per heavy atom. The fourth-order valence-electron chi connectivity index (χ4n) is 3.73. The first kappa shape index (κ1) is 16.5. The molecular formula is C17H16F5N3. The minimum Gasteiger partial charge on any atom is -0.314 e. The average molecular weight is 357 g/mol. The predicted octanol–water partition coefficient (Wildman–Crippen LogP) is 4.27. The Morgan fingerprint density at radius 2 is 1.88 bits per heavy atom. The van der Waals surface area contributed by atoms with Gasteiger partial charge in [-0.2, -0.15) is 13.2 Å². The maximum atomic E-state index is 14.2. The fraction of sp³-hybridized carbons (Fsp3) is 0.529. The molecule has 0 amide bonds. The van der Waals surface area contributed by atoms with Gasteiger partial charge in [0.05, 0.1) is 0 Å². The average Bonchev–Trinajstić information content (AvgIpc) is 3.31. The summed E-state index contributed by atoms with van der Waals surface area (Å²) >= 11 is 0. The van der Waals surface area contributed by atoms with Crippen molar-refractivity contribution in [2.24, 2.45) is 0 Å². The molecule has 1 fully saturated rings. The van der Waals surface area contributed by atoms with E-state index in [0.29, 0.717) is 25.1 Å². The van der Waals surface area contributed by atoms with Crippen molar-refractivity contribution >= 4 is 0 Å². The van der Waals surface area contributed by atoms with Crippen molar-refractivity contribution in [3.05, 3.63) is 47.0 Å². The van der Waals surface area contributed by atoms with Gasteiger partial charge < -0.3 is 4.57 Å². The molecule has 2 aliphatic rings. The van der Waals surface area contributed by atoms with Crippen LogP contribution in [0, 0.1) is 11.6 Å². The number of aromatic nitrogens is 3. The lowest BCUT2D eigenvalue weighted by Gasteiger charge is -2.22. The molecule has 1 aromatic carbocycles. The molecule has 1 saturated carbocycles. The lowest BCUT2D eigenvalue weighted by Crippen LogP contribution is -2.32. The first-order valence-electron chi connectivity index (χ1n) is 8.27. The summed E-state index contributed by atoms with van der Waals surface area (Å²) in [6.07, 6.45) is -2.72. The third-order valence-electron chi connectivity index (χ3n) is 5.33. The van der Waals surface area contributed by atoms with Crippen molar-refractivity contribution in [1.29, 1.82) is 0 Å². The maximum absolute atomic E-state index is 14.2. The highest BCUT2D eigenvalue weighted by molar-refractivity contribution is 5.27. The molecule has 8 heteroatoms. The standard InChI is InChI=1S/C17H16F5N3/c18-12-5-2-4-11(14(12)19)10-3-1-6-13-23-24-15(25(13)9-10)16(7-8-16)17(20,21)22/h2,4-5,10H,1,3,6-9H2. The Morgan fingerprint density at radius 3 is 2.56 bits per heavy atom. The van der Waals surface area contributed by atoms with Gasteiger partial charge in [0.25, 0.3) is 0 Å². The predicted molar refractivity (Wildman–Crippen MR) is 79.0 cm³/mol. The van der Waals surface area contributed by atoms with Crippen molar-refractivity contribution in [1.82, 2.24) is 14.8 Å². The number of alkyl halides is 3. The zero-order chi connectivity index (χ0) is 17.8. The third-order valence-corrected chi connectivity index (χ3v) is 5.33. The molecule has 0 saturated heterocycles. The van der Waals surface area contributed by atoms with Gasteiger partial charge in [-0.15, -0.1) is 10.2 Å². The summed E-state index contributed by atoms with van der Waals surface area (Å²) in [7, 11) is 0. The largest absolute Gasteiger partial charge is 0.401 e. The van der Waals surface area contributed by atoms with Crippen molar-refractivity contribution in [3.8, 4) is 0 Å². The highest BCUT2D eigenvalue weighted by atomic mass is 19.4. The van der Waals surface area contributed by atoms with Gasteiger partial charge >= 0.3 is 6.18 Å². The number of benzene rings is 1. The lowest BCUT2D eigenvalue weighted by molar-refractivity contribution is -0.163. The Balaban J connectivity index is 1.74. The van der Waals surface area contributed by atoms with Gasteiger partial charge in [-0.25, -0.2) is 8.78 Å². The highest BCUT2D eigenvalue weighted by Crippen LogP contribution is 2.58. The fourth-order valence-corrected chi connectivity index (χ4v) is 3.73. The van der Waals surface area contributed by atoms with E-state index in [1.54, 1.807) is 0 Å². The van der Waals surface area contributed by atoms with Crippen LogP contribution in [0.15, 0.2) is 18.2 Å². The molecule has 4 rings (SSSR count). The normalized spacial score (nSPS) is 22.4. The first-order chi connectivity index (χ1) is 11.8. The van der Waals surface area contributed by atoms with Gasteiger partial charge in [-0.1, -0.05) is 12.1 Å². The van der Waals surface area contributed by atoms with Crippen LogP contribution in [0.2, 0.25) is 0 Å². The summed E-state index contributed by atoms with van der Waals surface area (Å²) in [6.45, 7) is 0.135. The molecule has 3 nitrogen and oxygen atoms in total. The molecule has 1 aliphatic carbocycles. The Kier molecular flexibility index (Phi) is 3.63. The van der Waals surface area contributed by atoms with Crippen molar-refractivity contribution in [2.75, 3.05) is 0 Å². The van der Waals surface area contributed by atoms with Crippen molar-refractivity contribution in [3.63, 3.8) is 0 Å².